The lowest BCUT2D eigenvalue weighted by atomic mass is 9.98. The third-order valence-corrected chi connectivity index (χ3v) is 6.04. The molecule has 1 amide bonds. The Morgan fingerprint density at radius 1 is 1.03 bits per heavy atom. The van der Waals surface area contributed by atoms with Gasteiger partial charge in [-0.15, -0.1) is 0 Å². The average molecular weight is 458 g/mol. The van der Waals surface area contributed by atoms with Crippen LogP contribution in [0.1, 0.15) is 54.6 Å². The van der Waals surface area contributed by atoms with E-state index in [-0.39, 0.29) is 11.0 Å². The van der Waals surface area contributed by atoms with Gasteiger partial charge in [-0.25, -0.2) is 4.98 Å². The predicted octanol–water partition coefficient (Wildman–Crippen LogP) is 6.70. The molecule has 0 saturated carbocycles. The Morgan fingerprint density at radius 3 is 2.42 bits per heavy atom. The molecular weight excluding hydrogens is 430 g/mol. The number of nitrogens with one attached hydrogen (secondary N) is 2. The third kappa shape index (κ3) is 5.29. The number of carbonyl (C=O) groups excluding carboxylic acids is 1. The number of aromatic nitrogens is 1. The first-order valence-electron chi connectivity index (χ1n) is 11.2. The van der Waals surface area contributed by atoms with E-state index >= 15 is 0 Å². The summed E-state index contributed by atoms with van der Waals surface area (Å²) < 4.78 is 5.95. The number of aryl methyl sites for hydroxylation is 1. The number of oxazole rings is 1. The maximum atomic E-state index is 12.4. The smallest absolute Gasteiger partial charge is 0.257 e. The highest BCUT2D eigenvalue weighted by Gasteiger charge is 2.12. The molecule has 33 heavy (non-hydrogen) atoms. The number of carbonyl (C=O) groups is 1. The number of hydrogen-bond donors (Lipinski definition) is 2. The summed E-state index contributed by atoms with van der Waals surface area (Å²) in [7, 11) is 0. The molecule has 0 bridgehead atoms. The van der Waals surface area contributed by atoms with Crippen LogP contribution in [0.15, 0.2) is 71.1 Å². The Kier molecular flexibility index (Phi) is 6.84. The first-order chi connectivity index (χ1) is 16.0. The molecule has 1 atom stereocenters. The lowest BCUT2D eigenvalue weighted by Gasteiger charge is -2.10. The molecule has 0 aliphatic heterocycles. The van der Waals surface area contributed by atoms with E-state index in [0.717, 1.165) is 35.2 Å². The van der Waals surface area contributed by atoms with E-state index in [1.165, 1.54) is 11.1 Å². The van der Waals surface area contributed by atoms with Crippen molar-refractivity contribution in [3.05, 3.63) is 83.4 Å². The van der Waals surface area contributed by atoms with Crippen LogP contribution in [0.25, 0.3) is 22.6 Å². The minimum Gasteiger partial charge on any atom is -0.436 e. The van der Waals surface area contributed by atoms with Gasteiger partial charge in [0.25, 0.3) is 5.91 Å². The lowest BCUT2D eigenvalue weighted by molar-refractivity contribution is 0.0977. The first kappa shape index (κ1) is 22.7. The maximum Gasteiger partial charge on any atom is 0.257 e. The number of rotatable bonds is 6. The van der Waals surface area contributed by atoms with E-state index in [4.69, 9.17) is 16.6 Å². The van der Waals surface area contributed by atoms with Crippen molar-refractivity contribution >= 4 is 40.0 Å². The van der Waals surface area contributed by atoms with Gasteiger partial charge in [-0.2, -0.15) is 0 Å². The molecule has 0 radical (unpaired) electrons. The van der Waals surface area contributed by atoms with E-state index in [2.05, 4.69) is 48.5 Å². The Balaban J connectivity index is 1.41. The highest BCUT2D eigenvalue weighted by atomic mass is 32.1. The van der Waals surface area contributed by atoms with Crippen LogP contribution in [-0.2, 0) is 6.42 Å². The van der Waals surface area contributed by atoms with Gasteiger partial charge >= 0.3 is 0 Å². The number of benzene rings is 3. The summed E-state index contributed by atoms with van der Waals surface area (Å²) in [5, 5.41) is 6.00. The topological polar surface area (TPSA) is 67.2 Å². The molecule has 3 aromatic carbocycles. The van der Waals surface area contributed by atoms with Crippen molar-refractivity contribution in [3.8, 4) is 11.5 Å². The van der Waals surface area contributed by atoms with E-state index in [9.17, 15) is 4.79 Å². The molecule has 0 spiro atoms. The van der Waals surface area contributed by atoms with Gasteiger partial charge in [-0.1, -0.05) is 39.0 Å². The molecule has 168 valence electrons. The number of anilines is 1. The molecule has 1 heterocycles. The van der Waals surface area contributed by atoms with Gasteiger partial charge in [0.05, 0.1) is 0 Å². The van der Waals surface area contributed by atoms with Gasteiger partial charge < -0.3 is 9.73 Å². The largest absolute Gasteiger partial charge is 0.436 e. The minimum atomic E-state index is -0.241. The summed E-state index contributed by atoms with van der Waals surface area (Å²) in [4.78, 5) is 17.1. The van der Waals surface area contributed by atoms with Crippen LogP contribution in [-0.4, -0.2) is 16.0 Å². The molecular formula is C27H27N3O2S. The molecule has 6 heteroatoms. The molecule has 4 aromatic rings. The van der Waals surface area contributed by atoms with Crippen LogP contribution < -0.4 is 10.6 Å². The van der Waals surface area contributed by atoms with Crippen molar-refractivity contribution in [3.63, 3.8) is 0 Å². The van der Waals surface area contributed by atoms with Crippen LogP contribution >= 0.6 is 12.2 Å². The number of fused-ring (bicyclic) bond motifs is 1. The number of hydrogen-bond acceptors (Lipinski definition) is 4. The van der Waals surface area contributed by atoms with Gasteiger partial charge in [0.2, 0.25) is 5.89 Å². The van der Waals surface area contributed by atoms with Crippen molar-refractivity contribution in [1.82, 2.24) is 10.3 Å². The third-order valence-electron chi connectivity index (χ3n) is 5.83. The van der Waals surface area contributed by atoms with Crippen LogP contribution in [0.4, 0.5) is 5.69 Å². The monoisotopic (exact) mass is 457 g/mol. The molecule has 4 rings (SSSR count). The highest BCUT2D eigenvalue weighted by Crippen LogP contribution is 2.28. The van der Waals surface area contributed by atoms with Crippen molar-refractivity contribution < 1.29 is 9.21 Å². The van der Waals surface area contributed by atoms with E-state index < -0.39 is 0 Å². The number of thiocarbonyl (C=S) groups is 1. The standard InChI is InChI=1S/C27H27N3O2S/c1-4-17(3)21-12-15-24-23(16-21)29-26(32-24)20-10-13-22(14-11-20)28-27(33)30-25(31)19-8-6-18(5-2)7-9-19/h6-17H,4-5H2,1-3H3,(H2,28,30,31,33)/t17-/m0/s1. The molecule has 0 unspecified atom stereocenters. The summed E-state index contributed by atoms with van der Waals surface area (Å²) in [6.07, 6.45) is 2.01. The Labute approximate surface area is 199 Å². The van der Waals surface area contributed by atoms with E-state index in [1.54, 1.807) is 12.1 Å². The second-order valence-corrected chi connectivity index (χ2v) is 8.50. The van der Waals surface area contributed by atoms with Gasteiger partial charge in [-0.3, -0.25) is 10.1 Å². The molecule has 1 aromatic heterocycles. The lowest BCUT2D eigenvalue weighted by Crippen LogP contribution is -2.34. The zero-order chi connectivity index (χ0) is 23.4. The minimum absolute atomic E-state index is 0.241. The van der Waals surface area contributed by atoms with Gasteiger partial charge in [0, 0.05) is 16.8 Å². The van der Waals surface area contributed by atoms with Crippen molar-refractivity contribution in [2.45, 2.75) is 39.5 Å². The molecule has 2 N–H and O–H groups in total. The van der Waals surface area contributed by atoms with Crippen LogP contribution in [0.2, 0.25) is 0 Å². The van der Waals surface area contributed by atoms with Gasteiger partial charge in [0.1, 0.15) is 5.52 Å². The summed E-state index contributed by atoms with van der Waals surface area (Å²) in [5.41, 5.74) is 6.28. The zero-order valence-corrected chi connectivity index (χ0v) is 19.8. The number of amides is 1. The second-order valence-electron chi connectivity index (χ2n) is 8.09. The van der Waals surface area contributed by atoms with Crippen molar-refractivity contribution in [1.29, 1.82) is 0 Å². The summed E-state index contributed by atoms with van der Waals surface area (Å²) in [6, 6.07) is 21.3. The SMILES string of the molecule is CCc1ccc(C(=O)NC(=S)Nc2ccc(-c3nc4cc([C@@H](C)CC)ccc4o3)cc2)cc1. The van der Waals surface area contributed by atoms with Gasteiger partial charge in [-0.05, 0) is 90.6 Å². The summed E-state index contributed by atoms with van der Waals surface area (Å²) in [5.74, 6) is 0.819. The van der Waals surface area contributed by atoms with Crippen LogP contribution in [0.5, 0.6) is 0 Å². The Hall–Kier alpha value is -3.51. The molecule has 0 fully saturated rings. The average Bonchev–Trinajstić information content (AvgIpc) is 3.27. The molecule has 0 aliphatic rings. The number of nitrogens with zero attached hydrogens (tertiary/aromatic N) is 1. The Bertz CT molecular complexity index is 1280. The Morgan fingerprint density at radius 2 is 1.76 bits per heavy atom. The van der Waals surface area contributed by atoms with Crippen molar-refractivity contribution in [2.75, 3.05) is 5.32 Å². The molecule has 5 nitrogen and oxygen atoms in total. The quantitative estimate of drug-likeness (QED) is 0.315. The van der Waals surface area contributed by atoms with E-state index in [0.29, 0.717) is 17.4 Å². The molecule has 0 aliphatic carbocycles. The highest BCUT2D eigenvalue weighted by molar-refractivity contribution is 7.80. The van der Waals surface area contributed by atoms with Crippen LogP contribution in [0, 0.1) is 0 Å². The van der Waals surface area contributed by atoms with Crippen LogP contribution in [0.3, 0.4) is 0 Å². The fourth-order valence-electron chi connectivity index (χ4n) is 3.54. The molecule has 0 saturated heterocycles. The first-order valence-corrected chi connectivity index (χ1v) is 11.6. The maximum absolute atomic E-state index is 12.4. The normalized spacial score (nSPS) is 11.8. The summed E-state index contributed by atoms with van der Waals surface area (Å²) >= 11 is 5.30. The zero-order valence-electron chi connectivity index (χ0n) is 19.0. The fraction of sp³-hybridized carbons (Fsp3) is 0.222. The van der Waals surface area contributed by atoms with Crippen molar-refractivity contribution in [2.24, 2.45) is 0 Å². The predicted molar refractivity (Wildman–Crippen MR) is 138 cm³/mol. The summed E-state index contributed by atoms with van der Waals surface area (Å²) in [6.45, 7) is 6.47. The van der Waals surface area contributed by atoms with Gasteiger partial charge in [0.15, 0.2) is 10.7 Å². The van der Waals surface area contributed by atoms with E-state index in [1.807, 2.05) is 42.5 Å². The fourth-order valence-corrected chi connectivity index (χ4v) is 3.75. The second kappa shape index (κ2) is 9.96.